The molecule has 2 rings (SSSR count). The van der Waals surface area contributed by atoms with E-state index < -0.39 is 5.91 Å². The zero-order valence-corrected chi connectivity index (χ0v) is 9.54. The SMILES string of the molecule is COc1cc(-c2[c]c(C(N)=O)ncc2)nc(N)n1. The zero-order valence-electron chi connectivity index (χ0n) is 9.54. The molecule has 0 aliphatic rings. The lowest BCUT2D eigenvalue weighted by Crippen LogP contribution is -2.13. The van der Waals surface area contributed by atoms with Crippen molar-refractivity contribution in [2.24, 2.45) is 5.73 Å². The van der Waals surface area contributed by atoms with E-state index in [1.165, 1.54) is 13.3 Å². The van der Waals surface area contributed by atoms with Gasteiger partial charge in [0.2, 0.25) is 11.8 Å². The topological polar surface area (TPSA) is 117 Å². The van der Waals surface area contributed by atoms with Crippen LogP contribution in [0.3, 0.4) is 0 Å². The van der Waals surface area contributed by atoms with Crippen molar-refractivity contribution >= 4 is 11.9 Å². The molecule has 0 aromatic carbocycles. The molecule has 7 heteroatoms. The van der Waals surface area contributed by atoms with Gasteiger partial charge in [0, 0.05) is 23.9 Å². The number of carbonyl (C=O) groups excluding carboxylic acids is 1. The minimum absolute atomic E-state index is 0.0312. The highest BCUT2D eigenvalue weighted by Gasteiger charge is 2.09. The molecule has 2 aromatic rings. The first kappa shape index (κ1) is 11.8. The van der Waals surface area contributed by atoms with Gasteiger partial charge in [0.15, 0.2) is 0 Å². The summed E-state index contributed by atoms with van der Waals surface area (Å²) < 4.78 is 4.98. The molecule has 2 aromatic heterocycles. The number of anilines is 1. The predicted molar refractivity (Wildman–Crippen MR) is 63.6 cm³/mol. The standard InChI is InChI=1S/C11H10N5O2/c1-18-9-5-7(15-11(13)16-9)6-2-3-14-8(4-6)10(12)17/h2-3,5H,1H3,(H2,12,17)(H2,13,15,16). The molecular formula is C11H10N5O2. The van der Waals surface area contributed by atoms with Gasteiger partial charge in [0.1, 0.15) is 5.69 Å². The van der Waals surface area contributed by atoms with Gasteiger partial charge < -0.3 is 16.2 Å². The number of primary amides is 1. The number of ether oxygens (including phenoxy) is 1. The van der Waals surface area contributed by atoms with Crippen LogP contribution in [-0.2, 0) is 0 Å². The highest BCUT2D eigenvalue weighted by atomic mass is 16.5. The molecule has 7 nitrogen and oxygen atoms in total. The summed E-state index contributed by atoms with van der Waals surface area (Å²) >= 11 is 0. The number of amides is 1. The second-order valence-electron chi connectivity index (χ2n) is 3.35. The number of hydrogen-bond donors (Lipinski definition) is 2. The van der Waals surface area contributed by atoms with Crippen LogP contribution in [0.2, 0.25) is 0 Å². The van der Waals surface area contributed by atoms with Gasteiger partial charge in [-0.15, -0.1) is 0 Å². The fraction of sp³-hybridized carbons (Fsp3) is 0.0909. The summed E-state index contributed by atoms with van der Waals surface area (Å²) in [6, 6.07) is 5.96. The van der Waals surface area contributed by atoms with Crippen molar-refractivity contribution in [2.75, 3.05) is 12.8 Å². The van der Waals surface area contributed by atoms with E-state index >= 15 is 0 Å². The molecular weight excluding hydrogens is 234 g/mol. The van der Waals surface area contributed by atoms with Crippen LogP contribution in [0.15, 0.2) is 18.3 Å². The summed E-state index contributed by atoms with van der Waals surface area (Å²) in [4.78, 5) is 22.7. The molecule has 1 amide bonds. The van der Waals surface area contributed by atoms with E-state index in [4.69, 9.17) is 16.2 Å². The van der Waals surface area contributed by atoms with Crippen LogP contribution in [0, 0.1) is 6.07 Å². The molecule has 0 fully saturated rings. The van der Waals surface area contributed by atoms with Gasteiger partial charge in [-0.2, -0.15) is 4.98 Å². The summed E-state index contributed by atoms with van der Waals surface area (Å²) in [6.45, 7) is 0. The largest absolute Gasteiger partial charge is 0.481 e. The molecule has 0 aliphatic carbocycles. The Bertz CT molecular complexity index is 600. The molecule has 0 saturated heterocycles. The van der Waals surface area contributed by atoms with Crippen LogP contribution in [0.1, 0.15) is 10.5 Å². The van der Waals surface area contributed by atoms with Crippen LogP contribution in [0.5, 0.6) is 5.88 Å². The summed E-state index contributed by atoms with van der Waals surface area (Å²) in [5, 5.41) is 0. The Labute approximate surface area is 103 Å². The third-order valence-electron chi connectivity index (χ3n) is 2.14. The minimum Gasteiger partial charge on any atom is -0.481 e. The summed E-state index contributed by atoms with van der Waals surface area (Å²) in [7, 11) is 1.47. The third kappa shape index (κ3) is 2.34. The van der Waals surface area contributed by atoms with E-state index in [1.54, 1.807) is 12.1 Å². The van der Waals surface area contributed by atoms with E-state index in [0.29, 0.717) is 17.1 Å². The molecule has 91 valence electrons. The first-order chi connectivity index (χ1) is 8.60. The number of rotatable bonds is 3. The monoisotopic (exact) mass is 244 g/mol. The van der Waals surface area contributed by atoms with Crippen LogP contribution in [-0.4, -0.2) is 28.0 Å². The fourth-order valence-electron chi connectivity index (χ4n) is 1.35. The number of nitrogen functional groups attached to an aromatic ring is 1. The van der Waals surface area contributed by atoms with Crippen molar-refractivity contribution in [2.45, 2.75) is 0 Å². The maximum absolute atomic E-state index is 11.0. The van der Waals surface area contributed by atoms with Gasteiger partial charge in [-0.1, -0.05) is 0 Å². The Morgan fingerprint density at radius 3 is 2.89 bits per heavy atom. The average Bonchev–Trinajstić information content (AvgIpc) is 2.38. The third-order valence-corrected chi connectivity index (χ3v) is 2.14. The summed E-state index contributed by atoms with van der Waals surface area (Å²) in [5.74, 6) is -0.274. The Morgan fingerprint density at radius 1 is 1.44 bits per heavy atom. The lowest BCUT2D eigenvalue weighted by Gasteiger charge is -2.05. The summed E-state index contributed by atoms with van der Waals surface area (Å²) in [6.07, 6.45) is 1.44. The van der Waals surface area contributed by atoms with Gasteiger partial charge in [-0.3, -0.25) is 9.78 Å². The Hall–Kier alpha value is -2.70. The number of hydrogen-bond acceptors (Lipinski definition) is 6. The fourth-order valence-corrected chi connectivity index (χ4v) is 1.35. The van der Waals surface area contributed by atoms with Gasteiger partial charge in [0.25, 0.3) is 5.91 Å². The van der Waals surface area contributed by atoms with Crippen LogP contribution < -0.4 is 16.2 Å². The molecule has 0 unspecified atom stereocenters. The van der Waals surface area contributed by atoms with E-state index in [-0.39, 0.29) is 11.6 Å². The molecule has 0 aliphatic heterocycles. The average molecular weight is 244 g/mol. The van der Waals surface area contributed by atoms with E-state index in [2.05, 4.69) is 21.0 Å². The molecule has 0 bridgehead atoms. The Morgan fingerprint density at radius 2 is 2.22 bits per heavy atom. The molecule has 2 heterocycles. The van der Waals surface area contributed by atoms with Gasteiger partial charge in [-0.25, -0.2) is 4.98 Å². The Kier molecular flexibility index (Phi) is 3.05. The Balaban J connectivity index is 2.51. The second kappa shape index (κ2) is 4.66. The van der Waals surface area contributed by atoms with Crippen LogP contribution in [0.4, 0.5) is 5.95 Å². The van der Waals surface area contributed by atoms with Crippen LogP contribution in [0.25, 0.3) is 11.3 Å². The zero-order chi connectivity index (χ0) is 13.1. The van der Waals surface area contributed by atoms with Gasteiger partial charge in [-0.05, 0) is 6.07 Å². The van der Waals surface area contributed by atoms with Crippen molar-refractivity contribution in [3.05, 3.63) is 30.1 Å². The van der Waals surface area contributed by atoms with E-state index in [0.717, 1.165) is 0 Å². The van der Waals surface area contributed by atoms with Crippen LogP contribution >= 0.6 is 0 Å². The highest BCUT2D eigenvalue weighted by molar-refractivity contribution is 5.91. The molecule has 0 atom stereocenters. The quantitative estimate of drug-likeness (QED) is 0.786. The number of carbonyl (C=O) groups is 1. The number of methoxy groups -OCH3 is 1. The van der Waals surface area contributed by atoms with Crippen molar-refractivity contribution in [1.29, 1.82) is 0 Å². The van der Waals surface area contributed by atoms with Crippen molar-refractivity contribution in [3.8, 4) is 17.1 Å². The maximum Gasteiger partial charge on any atom is 0.267 e. The first-order valence-electron chi connectivity index (χ1n) is 4.97. The number of aromatic nitrogens is 3. The lowest BCUT2D eigenvalue weighted by atomic mass is 10.1. The van der Waals surface area contributed by atoms with E-state index in [9.17, 15) is 4.79 Å². The predicted octanol–water partition coefficient (Wildman–Crippen LogP) is 0.0285. The molecule has 0 spiro atoms. The lowest BCUT2D eigenvalue weighted by molar-refractivity contribution is 0.0995. The second-order valence-corrected chi connectivity index (χ2v) is 3.35. The van der Waals surface area contributed by atoms with E-state index in [1.807, 2.05) is 0 Å². The summed E-state index contributed by atoms with van der Waals surface area (Å²) in [5.41, 5.74) is 11.7. The molecule has 0 saturated carbocycles. The number of pyridine rings is 1. The molecule has 4 N–H and O–H groups in total. The van der Waals surface area contributed by atoms with Gasteiger partial charge in [0.05, 0.1) is 12.8 Å². The minimum atomic E-state index is -0.661. The van der Waals surface area contributed by atoms with Crippen molar-refractivity contribution < 1.29 is 9.53 Å². The van der Waals surface area contributed by atoms with Crippen molar-refractivity contribution in [1.82, 2.24) is 15.0 Å². The molecule has 18 heavy (non-hydrogen) atoms. The molecule has 1 radical (unpaired) electrons. The maximum atomic E-state index is 11.0. The highest BCUT2D eigenvalue weighted by Crippen LogP contribution is 2.21. The first-order valence-corrected chi connectivity index (χ1v) is 4.97. The normalized spacial score (nSPS) is 10.1. The smallest absolute Gasteiger partial charge is 0.267 e. The van der Waals surface area contributed by atoms with Crippen molar-refractivity contribution in [3.63, 3.8) is 0 Å². The number of nitrogens with two attached hydrogens (primary N) is 2. The van der Waals surface area contributed by atoms with Gasteiger partial charge >= 0.3 is 0 Å². The number of nitrogens with zero attached hydrogens (tertiary/aromatic N) is 3.